The predicted molar refractivity (Wildman–Crippen MR) is 97.1 cm³/mol. The molecular weight excluding hydrogens is 359 g/mol. The minimum absolute atomic E-state index is 0.106. The van der Waals surface area contributed by atoms with Gasteiger partial charge in [-0.15, -0.1) is 0 Å². The van der Waals surface area contributed by atoms with E-state index in [1.165, 1.54) is 18.2 Å². The minimum Gasteiger partial charge on any atom is -0.435 e. The van der Waals surface area contributed by atoms with Crippen LogP contribution in [0, 0.1) is 5.82 Å². The molecule has 0 radical (unpaired) electrons. The maximum atomic E-state index is 13.4. The molecule has 0 atom stereocenters. The first-order valence-electron chi connectivity index (χ1n) is 8.26. The molecule has 8 heteroatoms. The van der Waals surface area contributed by atoms with Crippen molar-refractivity contribution in [1.82, 2.24) is 10.2 Å². The summed E-state index contributed by atoms with van der Waals surface area (Å²) in [5.74, 6) is 0.273. The summed E-state index contributed by atoms with van der Waals surface area (Å²) in [6.07, 6.45) is 0. The second-order valence-electron chi connectivity index (χ2n) is 5.86. The number of aliphatic hydroxyl groups excluding tert-OH is 1. The largest absolute Gasteiger partial charge is 0.435 e. The molecule has 2 rings (SSSR count). The molecule has 0 aliphatic heterocycles. The lowest BCUT2D eigenvalue weighted by Crippen LogP contribution is -2.38. The van der Waals surface area contributed by atoms with Crippen molar-refractivity contribution < 1.29 is 23.0 Å². The molecule has 0 amide bonds. The van der Waals surface area contributed by atoms with Gasteiger partial charge < -0.3 is 20.1 Å². The maximum absolute atomic E-state index is 13.4. The van der Waals surface area contributed by atoms with Gasteiger partial charge in [0.2, 0.25) is 0 Å². The van der Waals surface area contributed by atoms with Gasteiger partial charge in [0.25, 0.3) is 0 Å². The average Bonchev–Trinajstić information content (AvgIpc) is 2.64. The highest BCUT2D eigenvalue weighted by Gasteiger charge is 2.09. The van der Waals surface area contributed by atoms with Crippen molar-refractivity contribution in [2.45, 2.75) is 26.3 Å². The summed E-state index contributed by atoms with van der Waals surface area (Å²) in [6, 6.07) is 10.9. The number of ether oxygens (including phenoxy) is 1. The molecule has 0 aromatic heterocycles. The lowest BCUT2D eigenvalue weighted by Gasteiger charge is -2.22. The van der Waals surface area contributed by atoms with E-state index >= 15 is 0 Å². The van der Waals surface area contributed by atoms with Gasteiger partial charge >= 0.3 is 6.61 Å². The third-order valence-corrected chi connectivity index (χ3v) is 3.87. The molecule has 27 heavy (non-hydrogen) atoms. The number of aliphatic hydroxyl groups is 1. The molecule has 0 unspecified atom stereocenters. The second-order valence-corrected chi connectivity index (χ2v) is 5.86. The van der Waals surface area contributed by atoms with Crippen molar-refractivity contribution in [2.75, 3.05) is 14.1 Å². The average molecular weight is 381 g/mol. The van der Waals surface area contributed by atoms with E-state index in [0.29, 0.717) is 19.0 Å². The number of nitrogens with one attached hydrogen (secondary N) is 1. The highest BCUT2D eigenvalue weighted by molar-refractivity contribution is 5.79. The monoisotopic (exact) mass is 381 g/mol. The fourth-order valence-electron chi connectivity index (χ4n) is 2.55. The Morgan fingerprint density at radius 3 is 2.44 bits per heavy atom. The highest BCUT2D eigenvalue weighted by atomic mass is 19.3. The van der Waals surface area contributed by atoms with Crippen LogP contribution in [0.2, 0.25) is 0 Å². The van der Waals surface area contributed by atoms with Crippen LogP contribution in [-0.2, 0) is 19.7 Å². The van der Waals surface area contributed by atoms with E-state index in [-0.39, 0.29) is 17.9 Å². The third-order valence-electron chi connectivity index (χ3n) is 3.87. The smallest absolute Gasteiger partial charge is 0.387 e. The molecule has 2 aromatic rings. The first-order valence-corrected chi connectivity index (χ1v) is 8.26. The number of hydrogen-bond donors (Lipinski definition) is 2. The van der Waals surface area contributed by atoms with Crippen LogP contribution in [0.15, 0.2) is 47.5 Å². The molecule has 146 valence electrons. The number of alkyl halides is 2. The molecule has 0 fully saturated rings. The second kappa shape index (κ2) is 9.82. The zero-order valence-corrected chi connectivity index (χ0v) is 15.1. The Morgan fingerprint density at radius 1 is 1.19 bits per heavy atom. The topological polar surface area (TPSA) is 57.1 Å². The first-order chi connectivity index (χ1) is 12.9. The summed E-state index contributed by atoms with van der Waals surface area (Å²) < 4.78 is 42.1. The van der Waals surface area contributed by atoms with Gasteiger partial charge in [-0.25, -0.2) is 4.39 Å². The van der Waals surface area contributed by atoms with E-state index in [9.17, 15) is 13.2 Å². The Hall–Kier alpha value is -2.74. The van der Waals surface area contributed by atoms with Gasteiger partial charge in [0.15, 0.2) is 5.96 Å². The van der Waals surface area contributed by atoms with Crippen molar-refractivity contribution in [3.8, 4) is 5.75 Å². The molecular formula is C19H22F3N3O2. The molecule has 0 aliphatic rings. The van der Waals surface area contributed by atoms with Crippen molar-refractivity contribution in [1.29, 1.82) is 0 Å². The molecule has 0 bridgehead atoms. The van der Waals surface area contributed by atoms with E-state index in [1.54, 1.807) is 31.3 Å². The van der Waals surface area contributed by atoms with Crippen molar-refractivity contribution in [3.05, 3.63) is 65.0 Å². The van der Waals surface area contributed by atoms with Crippen LogP contribution in [0.5, 0.6) is 5.75 Å². The van der Waals surface area contributed by atoms with Crippen molar-refractivity contribution in [2.24, 2.45) is 4.99 Å². The zero-order chi connectivity index (χ0) is 19.8. The third kappa shape index (κ3) is 6.18. The number of hydrogen-bond acceptors (Lipinski definition) is 3. The number of nitrogens with zero attached hydrogens (tertiary/aromatic N) is 2. The molecule has 5 nitrogen and oxygen atoms in total. The van der Waals surface area contributed by atoms with Crippen LogP contribution >= 0.6 is 0 Å². The van der Waals surface area contributed by atoms with Crippen LogP contribution in [0.1, 0.15) is 16.7 Å². The molecule has 0 heterocycles. The molecule has 0 saturated carbocycles. The van der Waals surface area contributed by atoms with Crippen molar-refractivity contribution in [3.63, 3.8) is 0 Å². The van der Waals surface area contributed by atoms with Gasteiger partial charge in [-0.1, -0.05) is 18.2 Å². The first kappa shape index (κ1) is 20.6. The van der Waals surface area contributed by atoms with Gasteiger partial charge in [-0.05, 0) is 35.4 Å². The Bertz CT molecular complexity index is 767. The SMILES string of the molecule is CN=C(NCc1ccc(F)c(CO)c1)N(C)Cc1ccc(OC(F)F)cc1. The highest BCUT2D eigenvalue weighted by Crippen LogP contribution is 2.16. The summed E-state index contributed by atoms with van der Waals surface area (Å²) in [6.45, 7) is -2.30. The molecule has 0 aliphatic carbocycles. The number of aliphatic imine (C=N–C) groups is 1. The Kier molecular flexibility index (Phi) is 7.48. The fraction of sp³-hybridized carbons (Fsp3) is 0.316. The van der Waals surface area contributed by atoms with E-state index in [2.05, 4.69) is 15.0 Å². The molecule has 2 aromatic carbocycles. The summed E-state index contributed by atoms with van der Waals surface area (Å²) in [5, 5.41) is 12.3. The Balaban J connectivity index is 1.94. The quantitative estimate of drug-likeness (QED) is 0.572. The Morgan fingerprint density at radius 2 is 1.85 bits per heavy atom. The maximum Gasteiger partial charge on any atom is 0.387 e. The zero-order valence-electron chi connectivity index (χ0n) is 15.1. The van der Waals surface area contributed by atoms with Crippen LogP contribution < -0.4 is 10.1 Å². The Labute approximate surface area is 156 Å². The number of rotatable bonds is 7. The molecule has 0 spiro atoms. The van der Waals surface area contributed by atoms with Gasteiger partial charge in [-0.3, -0.25) is 4.99 Å². The van der Waals surface area contributed by atoms with E-state index in [1.807, 2.05) is 11.9 Å². The summed E-state index contributed by atoms with van der Waals surface area (Å²) >= 11 is 0. The van der Waals surface area contributed by atoms with E-state index in [0.717, 1.165) is 11.1 Å². The summed E-state index contributed by atoms with van der Waals surface area (Å²) in [4.78, 5) is 6.06. The lowest BCUT2D eigenvalue weighted by molar-refractivity contribution is -0.0498. The fourth-order valence-corrected chi connectivity index (χ4v) is 2.55. The lowest BCUT2D eigenvalue weighted by atomic mass is 10.1. The van der Waals surface area contributed by atoms with Crippen molar-refractivity contribution >= 4 is 5.96 Å². The molecule has 0 saturated heterocycles. The van der Waals surface area contributed by atoms with Crippen LogP contribution in [-0.4, -0.2) is 36.7 Å². The van der Waals surface area contributed by atoms with Gasteiger partial charge in [0.05, 0.1) is 6.61 Å². The number of halogens is 3. The van der Waals surface area contributed by atoms with E-state index < -0.39 is 12.4 Å². The summed E-state index contributed by atoms with van der Waals surface area (Å²) in [7, 11) is 3.48. The van der Waals surface area contributed by atoms with Crippen LogP contribution in [0.3, 0.4) is 0 Å². The van der Waals surface area contributed by atoms with Gasteiger partial charge in [-0.2, -0.15) is 8.78 Å². The minimum atomic E-state index is -2.85. The predicted octanol–water partition coefficient (Wildman–Crippen LogP) is 3.13. The standard InChI is InChI=1S/C19H22F3N3O2/c1-23-19(24-10-14-5-8-17(20)15(9-14)12-26)25(2)11-13-3-6-16(7-4-13)27-18(21)22/h3-9,18,26H,10-12H2,1-2H3,(H,23,24). The van der Waals surface area contributed by atoms with Gasteiger partial charge in [0, 0.05) is 32.7 Å². The number of guanidine groups is 1. The van der Waals surface area contributed by atoms with Gasteiger partial charge in [0.1, 0.15) is 11.6 Å². The summed E-state index contributed by atoms with van der Waals surface area (Å²) in [5.41, 5.74) is 1.94. The van der Waals surface area contributed by atoms with Crippen LogP contribution in [0.4, 0.5) is 13.2 Å². The molecule has 2 N–H and O–H groups in total. The van der Waals surface area contributed by atoms with Crippen LogP contribution in [0.25, 0.3) is 0 Å². The van der Waals surface area contributed by atoms with E-state index in [4.69, 9.17) is 5.11 Å². The number of benzene rings is 2. The normalized spacial score (nSPS) is 11.6.